The van der Waals surface area contributed by atoms with Crippen LogP contribution >= 0.6 is 0 Å². The van der Waals surface area contributed by atoms with Crippen LogP contribution in [0.25, 0.3) is 0 Å². The molecular formula is C47H102O6. The first-order chi connectivity index (χ1) is 24.3. The summed E-state index contributed by atoms with van der Waals surface area (Å²) in [6, 6.07) is 0. The Labute approximate surface area is 334 Å². The summed E-state index contributed by atoms with van der Waals surface area (Å²) in [7, 11) is 4.36. The van der Waals surface area contributed by atoms with E-state index in [1.54, 1.807) is 14.2 Å². The molecule has 0 aliphatic heterocycles. The van der Waals surface area contributed by atoms with Gasteiger partial charge in [-0.1, -0.05) is 131 Å². The fourth-order valence-corrected chi connectivity index (χ4v) is 6.90. The summed E-state index contributed by atoms with van der Waals surface area (Å²) >= 11 is 0. The number of aliphatic hydroxyl groups is 3. The number of hydrogen-bond donors (Lipinski definition) is 3. The van der Waals surface area contributed by atoms with Crippen LogP contribution in [0.5, 0.6) is 0 Å². The van der Waals surface area contributed by atoms with Gasteiger partial charge in [-0.15, -0.1) is 0 Å². The smallest absolute Gasteiger partial charge is 0.146 e. The lowest BCUT2D eigenvalue weighted by Crippen LogP contribution is -2.37. The molecule has 3 N–H and O–H groups in total. The van der Waals surface area contributed by atoms with E-state index >= 15 is 0 Å². The Morgan fingerprint density at radius 2 is 1.04 bits per heavy atom. The highest BCUT2D eigenvalue weighted by atomic mass is 16.7. The van der Waals surface area contributed by atoms with Gasteiger partial charge < -0.3 is 29.5 Å². The van der Waals surface area contributed by atoms with Crippen LogP contribution in [0.3, 0.4) is 0 Å². The molecule has 2 aliphatic rings. The average Bonchev–Trinajstić information content (AvgIpc) is 3.04. The lowest BCUT2D eigenvalue weighted by atomic mass is 9.66. The summed E-state index contributed by atoms with van der Waals surface area (Å²) in [5.74, 6) is 3.30. The van der Waals surface area contributed by atoms with Gasteiger partial charge in [-0.2, -0.15) is 0 Å². The molecule has 326 valence electrons. The zero-order valence-corrected chi connectivity index (χ0v) is 39.9. The standard InChI is InChI=1S/2C16H32O.C6H14O.C5H12O2.C3H8.CH4O/c1-15(2,3)10-9-12-7-8-14(17)13(11-12)16(4,5)6;1-15(2,3)10-9-12-7-8-13(14(17)11-12)16(4,5)6;1-4-6(2)5-7-3;1-3-4-7-5-6-2;1-3-2;1-2/h2*12-14,17H,7-11H2,1-6H3;6H,4-5H2,1-3H3;3-5H2,1-2H3;3H2,1-2H3;2H,1H3. The Morgan fingerprint density at radius 1 is 0.604 bits per heavy atom. The molecule has 0 aromatic heterocycles. The zero-order chi connectivity index (χ0) is 42.5. The first-order valence-electron chi connectivity index (χ1n) is 21.7. The van der Waals surface area contributed by atoms with Gasteiger partial charge >= 0.3 is 0 Å². The van der Waals surface area contributed by atoms with E-state index in [1.807, 2.05) is 0 Å². The van der Waals surface area contributed by atoms with Crippen LogP contribution in [-0.2, 0) is 14.2 Å². The Kier molecular flexibility index (Phi) is 36.8. The topological polar surface area (TPSA) is 88.4 Å². The molecule has 2 saturated carbocycles. The first kappa shape index (κ1) is 59.5. The molecule has 0 heterocycles. The maximum Gasteiger partial charge on any atom is 0.146 e. The van der Waals surface area contributed by atoms with Crippen molar-refractivity contribution in [2.24, 2.45) is 51.2 Å². The Hall–Kier alpha value is -0.240. The van der Waals surface area contributed by atoms with Gasteiger partial charge in [0, 0.05) is 34.5 Å². The van der Waals surface area contributed by atoms with Gasteiger partial charge in [0.2, 0.25) is 0 Å². The van der Waals surface area contributed by atoms with Crippen molar-refractivity contribution in [3.05, 3.63) is 0 Å². The molecule has 0 radical (unpaired) electrons. The predicted octanol–water partition coefficient (Wildman–Crippen LogP) is 13.0. The number of aliphatic hydroxyl groups excluding tert-OH is 3. The molecule has 0 saturated heterocycles. The molecule has 0 bridgehead atoms. The largest absolute Gasteiger partial charge is 0.400 e. The van der Waals surface area contributed by atoms with Crippen molar-refractivity contribution in [2.45, 2.75) is 213 Å². The third kappa shape index (κ3) is 37.1. The van der Waals surface area contributed by atoms with Gasteiger partial charge in [0.1, 0.15) is 6.79 Å². The maximum atomic E-state index is 10.3. The van der Waals surface area contributed by atoms with Crippen LogP contribution in [0, 0.1) is 51.2 Å². The minimum Gasteiger partial charge on any atom is -0.400 e. The van der Waals surface area contributed by atoms with E-state index in [2.05, 4.69) is 122 Å². The second-order valence-corrected chi connectivity index (χ2v) is 20.6. The molecule has 7 unspecified atom stereocenters. The van der Waals surface area contributed by atoms with E-state index in [1.165, 1.54) is 64.2 Å². The first-order valence-corrected chi connectivity index (χ1v) is 21.7. The van der Waals surface area contributed by atoms with Crippen LogP contribution in [-0.4, -0.2) is 68.9 Å². The average molecular weight is 763 g/mol. The number of ether oxygens (including phenoxy) is 3. The zero-order valence-electron chi connectivity index (χ0n) is 39.9. The maximum absolute atomic E-state index is 10.3. The van der Waals surface area contributed by atoms with Gasteiger partial charge in [-0.3, -0.25) is 0 Å². The van der Waals surface area contributed by atoms with Crippen molar-refractivity contribution in [1.29, 1.82) is 0 Å². The van der Waals surface area contributed by atoms with E-state index in [0.29, 0.717) is 29.5 Å². The molecule has 2 rings (SSSR count). The molecule has 53 heavy (non-hydrogen) atoms. The molecule has 0 amide bonds. The summed E-state index contributed by atoms with van der Waals surface area (Å²) in [5.41, 5.74) is 1.40. The van der Waals surface area contributed by atoms with Crippen molar-refractivity contribution in [1.82, 2.24) is 0 Å². The van der Waals surface area contributed by atoms with Crippen LogP contribution in [0.4, 0.5) is 0 Å². The molecule has 2 aliphatic carbocycles. The molecule has 7 atom stereocenters. The van der Waals surface area contributed by atoms with Crippen molar-refractivity contribution >= 4 is 0 Å². The third-order valence-electron chi connectivity index (χ3n) is 10.4. The number of hydrogen-bond acceptors (Lipinski definition) is 6. The van der Waals surface area contributed by atoms with Crippen molar-refractivity contribution in [2.75, 3.05) is 41.3 Å². The second-order valence-electron chi connectivity index (χ2n) is 20.6. The van der Waals surface area contributed by atoms with Crippen molar-refractivity contribution < 1.29 is 29.5 Å². The quantitative estimate of drug-likeness (QED) is 0.143. The highest BCUT2D eigenvalue weighted by molar-refractivity contribution is 4.88. The molecule has 0 aromatic rings. The van der Waals surface area contributed by atoms with Gasteiger partial charge in [0.15, 0.2) is 0 Å². The SMILES string of the molecule is CC(C)(C)CCC1CCC(C(C)(C)C)C(O)C1.CC(C)(C)CCC1CCC(O)C(C(C)(C)C)C1.CCC.CCC(C)COC.CCCOCOC.CO. The minimum atomic E-state index is -0.0753. The van der Waals surface area contributed by atoms with Gasteiger partial charge in [0.05, 0.1) is 12.2 Å². The van der Waals surface area contributed by atoms with Gasteiger partial charge in [-0.05, 0) is 122 Å². The van der Waals surface area contributed by atoms with Crippen molar-refractivity contribution in [3.63, 3.8) is 0 Å². The summed E-state index contributed by atoms with van der Waals surface area (Å²) < 4.78 is 14.4. The van der Waals surface area contributed by atoms with Gasteiger partial charge in [0.25, 0.3) is 0 Å². The number of methoxy groups -OCH3 is 2. The third-order valence-corrected chi connectivity index (χ3v) is 10.4. The highest BCUT2D eigenvalue weighted by Crippen LogP contribution is 2.43. The van der Waals surface area contributed by atoms with Crippen LogP contribution in [0.15, 0.2) is 0 Å². The van der Waals surface area contributed by atoms with E-state index in [0.717, 1.165) is 57.3 Å². The molecule has 2 fully saturated rings. The van der Waals surface area contributed by atoms with Crippen LogP contribution in [0.2, 0.25) is 0 Å². The van der Waals surface area contributed by atoms with E-state index in [-0.39, 0.29) is 23.0 Å². The Morgan fingerprint density at radius 3 is 1.36 bits per heavy atom. The van der Waals surface area contributed by atoms with Gasteiger partial charge in [-0.25, -0.2) is 0 Å². The van der Waals surface area contributed by atoms with E-state index in [4.69, 9.17) is 14.6 Å². The molecule has 6 heteroatoms. The fourth-order valence-electron chi connectivity index (χ4n) is 6.90. The lowest BCUT2D eigenvalue weighted by Gasteiger charge is -2.41. The summed E-state index contributed by atoms with van der Waals surface area (Å²) in [5, 5.41) is 27.5. The van der Waals surface area contributed by atoms with Crippen molar-refractivity contribution in [3.8, 4) is 0 Å². The molecule has 0 spiro atoms. The minimum absolute atomic E-state index is 0.0686. The molecule has 6 nitrogen and oxygen atoms in total. The summed E-state index contributed by atoms with van der Waals surface area (Å²) in [6.45, 7) is 40.3. The monoisotopic (exact) mass is 763 g/mol. The van der Waals surface area contributed by atoms with E-state index < -0.39 is 0 Å². The molecule has 0 aromatic carbocycles. The summed E-state index contributed by atoms with van der Waals surface area (Å²) in [6.07, 6.45) is 15.6. The molecular weight excluding hydrogens is 661 g/mol. The predicted molar refractivity (Wildman–Crippen MR) is 234 cm³/mol. The lowest BCUT2D eigenvalue weighted by molar-refractivity contribution is -0.0300. The van der Waals surface area contributed by atoms with Crippen LogP contribution in [0.1, 0.15) is 201 Å². The second kappa shape index (κ2) is 32.8. The van der Waals surface area contributed by atoms with E-state index in [9.17, 15) is 10.2 Å². The Balaban J connectivity index is -0.000000310. The fraction of sp³-hybridized carbons (Fsp3) is 1.00. The highest BCUT2D eigenvalue weighted by Gasteiger charge is 2.37. The number of rotatable bonds is 11. The summed E-state index contributed by atoms with van der Waals surface area (Å²) in [4.78, 5) is 0. The normalized spacial score (nSPS) is 23.8. The van der Waals surface area contributed by atoms with Crippen LogP contribution < -0.4 is 0 Å². The Bertz CT molecular complexity index is 753.